The van der Waals surface area contributed by atoms with Gasteiger partial charge in [-0.2, -0.15) is 0 Å². The number of hydrogen-bond donors (Lipinski definition) is 1. The van der Waals surface area contributed by atoms with Gasteiger partial charge < -0.3 is 10.2 Å². The zero-order chi connectivity index (χ0) is 16.8. The highest BCUT2D eigenvalue weighted by Crippen LogP contribution is 2.15. The van der Waals surface area contributed by atoms with E-state index in [1.807, 2.05) is 16.3 Å². The van der Waals surface area contributed by atoms with Gasteiger partial charge in [-0.15, -0.1) is 11.3 Å². The van der Waals surface area contributed by atoms with Crippen LogP contribution in [0, 0.1) is 0 Å². The number of likely N-dealkylation sites (tertiary alicyclic amines) is 1. The van der Waals surface area contributed by atoms with E-state index >= 15 is 0 Å². The van der Waals surface area contributed by atoms with E-state index in [0.717, 1.165) is 19.3 Å². The van der Waals surface area contributed by atoms with Crippen molar-refractivity contribution >= 4 is 23.2 Å². The van der Waals surface area contributed by atoms with Crippen LogP contribution in [0.3, 0.4) is 0 Å². The van der Waals surface area contributed by atoms with Gasteiger partial charge in [-0.1, -0.05) is 6.07 Å². The van der Waals surface area contributed by atoms with Crippen molar-refractivity contribution in [2.75, 3.05) is 13.1 Å². The second-order valence-corrected chi connectivity index (χ2v) is 6.98. The standard InChI is InChI=1S/C18H21N3O2S/c22-17(4-3-16-2-1-13-24-16)21-11-7-15(8-12-21)20-18(23)14-5-9-19-10-6-14/h1-2,5-6,9-10,13,15H,3-4,7-8,11-12H2,(H,20,23). The lowest BCUT2D eigenvalue weighted by atomic mass is 10.0. The number of aryl methyl sites for hydroxylation is 1. The van der Waals surface area contributed by atoms with Gasteiger partial charge in [0.1, 0.15) is 0 Å². The van der Waals surface area contributed by atoms with E-state index in [1.165, 1.54) is 4.88 Å². The van der Waals surface area contributed by atoms with Gasteiger partial charge in [-0.3, -0.25) is 14.6 Å². The molecule has 1 fully saturated rings. The summed E-state index contributed by atoms with van der Waals surface area (Å²) >= 11 is 1.69. The maximum Gasteiger partial charge on any atom is 0.251 e. The molecular weight excluding hydrogens is 322 g/mol. The molecule has 24 heavy (non-hydrogen) atoms. The minimum Gasteiger partial charge on any atom is -0.349 e. The van der Waals surface area contributed by atoms with Gasteiger partial charge >= 0.3 is 0 Å². The first-order valence-electron chi connectivity index (χ1n) is 8.23. The number of thiophene rings is 1. The first-order valence-corrected chi connectivity index (χ1v) is 9.11. The predicted octanol–water partition coefficient (Wildman–Crippen LogP) is 2.50. The van der Waals surface area contributed by atoms with Crippen LogP contribution in [-0.4, -0.2) is 40.8 Å². The molecule has 0 bridgehead atoms. The van der Waals surface area contributed by atoms with E-state index in [1.54, 1.807) is 35.9 Å². The molecule has 2 aromatic rings. The minimum absolute atomic E-state index is 0.0696. The molecule has 1 aliphatic rings. The Morgan fingerprint density at radius 1 is 1.21 bits per heavy atom. The molecule has 0 atom stereocenters. The fourth-order valence-corrected chi connectivity index (χ4v) is 3.60. The number of pyridine rings is 1. The van der Waals surface area contributed by atoms with E-state index in [-0.39, 0.29) is 17.9 Å². The SMILES string of the molecule is O=C(NC1CCN(C(=O)CCc2cccs2)CC1)c1ccncc1. The van der Waals surface area contributed by atoms with Gasteiger partial charge in [-0.05, 0) is 42.8 Å². The quantitative estimate of drug-likeness (QED) is 0.907. The summed E-state index contributed by atoms with van der Waals surface area (Å²) in [6.45, 7) is 1.43. The number of carbonyl (C=O) groups excluding carboxylic acids is 2. The smallest absolute Gasteiger partial charge is 0.251 e. The van der Waals surface area contributed by atoms with Crippen molar-refractivity contribution in [3.05, 3.63) is 52.5 Å². The average molecular weight is 343 g/mol. The zero-order valence-corrected chi connectivity index (χ0v) is 14.3. The fourth-order valence-electron chi connectivity index (χ4n) is 2.89. The third-order valence-corrected chi connectivity index (χ3v) is 5.23. The van der Waals surface area contributed by atoms with Crippen LogP contribution >= 0.6 is 11.3 Å². The summed E-state index contributed by atoms with van der Waals surface area (Å²) in [5.41, 5.74) is 0.624. The molecule has 3 rings (SSSR count). The van der Waals surface area contributed by atoms with Crippen molar-refractivity contribution < 1.29 is 9.59 Å². The second-order valence-electron chi connectivity index (χ2n) is 5.94. The molecule has 5 nitrogen and oxygen atoms in total. The van der Waals surface area contributed by atoms with Crippen molar-refractivity contribution in [2.45, 2.75) is 31.7 Å². The number of hydrogen-bond acceptors (Lipinski definition) is 4. The molecule has 0 saturated carbocycles. The van der Waals surface area contributed by atoms with Crippen LogP contribution in [0.5, 0.6) is 0 Å². The molecule has 0 radical (unpaired) electrons. The fraction of sp³-hybridized carbons (Fsp3) is 0.389. The topological polar surface area (TPSA) is 62.3 Å². The van der Waals surface area contributed by atoms with Crippen molar-refractivity contribution in [1.29, 1.82) is 0 Å². The molecule has 0 aromatic carbocycles. The number of nitrogens with one attached hydrogen (secondary N) is 1. The maximum absolute atomic E-state index is 12.3. The van der Waals surface area contributed by atoms with E-state index in [4.69, 9.17) is 0 Å². The van der Waals surface area contributed by atoms with E-state index in [9.17, 15) is 9.59 Å². The third-order valence-electron chi connectivity index (χ3n) is 4.29. The summed E-state index contributed by atoms with van der Waals surface area (Å²) in [7, 11) is 0. The summed E-state index contributed by atoms with van der Waals surface area (Å²) < 4.78 is 0. The molecule has 0 unspecified atom stereocenters. The lowest BCUT2D eigenvalue weighted by Crippen LogP contribution is -2.46. The average Bonchev–Trinajstić information content (AvgIpc) is 3.14. The van der Waals surface area contributed by atoms with Crippen molar-refractivity contribution in [3.63, 3.8) is 0 Å². The monoisotopic (exact) mass is 343 g/mol. The predicted molar refractivity (Wildman–Crippen MR) is 93.9 cm³/mol. The van der Waals surface area contributed by atoms with Crippen molar-refractivity contribution in [1.82, 2.24) is 15.2 Å². The lowest BCUT2D eigenvalue weighted by molar-refractivity contribution is -0.132. The van der Waals surface area contributed by atoms with Gasteiger partial charge in [0.25, 0.3) is 5.91 Å². The van der Waals surface area contributed by atoms with Gasteiger partial charge in [0.05, 0.1) is 0 Å². The third kappa shape index (κ3) is 4.41. The molecule has 6 heteroatoms. The summed E-state index contributed by atoms with van der Waals surface area (Å²) in [5, 5.41) is 5.08. The highest BCUT2D eigenvalue weighted by molar-refractivity contribution is 7.09. The van der Waals surface area contributed by atoms with Crippen LogP contribution in [0.2, 0.25) is 0 Å². The first-order chi connectivity index (χ1) is 11.7. The van der Waals surface area contributed by atoms with Crippen LogP contribution in [0.4, 0.5) is 0 Å². The van der Waals surface area contributed by atoms with E-state index in [0.29, 0.717) is 25.1 Å². The number of aromatic nitrogens is 1. The Kier molecular flexibility index (Phi) is 5.59. The number of nitrogens with zero attached hydrogens (tertiary/aromatic N) is 2. The van der Waals surface area contributed by atoms with Crippen molar-refractivity contribution in [2.24, 2.45) is 0 Å². The van der Waals surface area contributed by atoms with Gasteiger partial charge in [0.2, 0.25) is 5.91 Å². The molecule has 0 spiro atoms. The normalized spacial score (nSPS) is 15.2. The molecule has 0 aliphatic carbocycles. The van der Waals surface area contributed by atoms with Crippen LogP contribution in [0.1, 0.15) is 34.5 Å². The molecule has 1 aliphatic heterocycles. The van der Waals surface area contributed by atoms with Crippen LogP contribution < -0.4 is 5.32 Å². The number of piperidine rings is 1. The number of carbonyl (C=O) groups is 2. The summed E-state index contributed by atoms with van der Waals surface area (Å²) in [6, 6.07) is 7.63. The molecular formula is C18H21N3O2S. The molecule has 3 heterocycles. The first kappa shape index (κ1) is 16.6. The van der Waals surface area contributed by atoms with Crippen molar-refractivity contribution in [3.8, 4) is 0 Å². The molecule has 1 N–H and O–H groups in total. The Balaban J connectivity index is 1.42. The van der Waals surface area contributed by atoms with E-state index < -0.39 is 0 Å². The number of amides is 2. The Bertz CT molecular complexity index is 665. The molecule has 2 aromatic heterocycles. The van der Waals surface area contributed by atoms with Crippen LogP contribution in [-0.2, 0) is 11.2 Å². The van der Waals surface area contributed by atoms with Gasteiger partial charge in [0, 0.05) is 48.4 Å². The Hall–Kier alpha value is -2.21. The van der Waals surface area contributed by atoms with Gasteiger partial charge in [-0.25, -0.2) is 0 Å². The summed E-state index contributed by atoms with van der Waals surface area (Å²) in [4.78, 5) is 31.5. The van der Waals surface area contributed by atoms with Crippen LogP contribution in [0.15, 0.2) is 42.0 Å². The number of rotatable bonds is 5. The largest absolute Gasteiger partial charge is 0.349 e. The van der Waals surface area contributed by atoms with Gasteiger partial charge in [0.15, 0.2) is 0 Å². The molecule has 2 amide bonds. The summed E-state index contributed by atoms with van der Waals surface area (Å²) in [5.74, 6) is 0.141. The Morgan fingerprint density at radius 3 is 2.62 bits per heavy atom. The lowest BCUT2D eigenvalue weighted by Gasteiger charge is -2.32. The minimum atomic E-state index is -0.0696. The summed E-state index contributed by atoms with van der Waals surface area (Å²) in [6.07, 6.45) is 6.22. The molecule has 1 saturated heterocycles. The zero-order valence-electron chi connectivity index (χ0n) is 13.5. The highest BCUT2D eigenvalue weighted by atomic mass is 32.1. The Labute approximate surface area is 145 Å². The Morgan fingerprint density at radius 2 is 1.96 bits per heavy atom. The van der Waals surface area contributed by atoms with Crippen LogP contribution in [0.25, 0.3) is 0 Å². The second kappa shape index (κ2) is 8.06. The highest BCUT2D eigenvalue weighted by Gasteiger charge is 2.23. The molecule has 126 valence electrons. The van der Waals surface area contributed by atoms with E-state index in [2.05, 4.69) is 16.4 Å². The maximum atomic E-state index is 12.3.